The first kappa shape index (κ1) is 52.2. The van der Waals surface area contributed by atoms with E-state index in [-0.39, 0.29) is 32.6 Å². The Morgan fingerprint density at radius 1 is 0.737 bits per heavy atom. The molecule has 1 unspecified atom stereocenters. The monoisotopic (exact) mass is 822 g/mol. The molecule has 0 saturated carbocycles. The topological polar surface area (TPSA) is 168 Å². The second-order valence-corrected chi connectivity index (χ2v) is 16.1. The van der Waals surface area contributed by atoms with Gasteiger partial charge in [-0.05, 0) is 82.8 Å². The van der Waals surface area contributed by atoms with Crippen LogP contribution in [0.15, 0.2) is 53.0 Å². The Labute approximate surface area is 344 Å². The minimum atomic E-state index is -4.42. The fourth-order valence-corrected chi connectivity index (χ4v) is 6.76. The van der Waals surface area contributed by atoms with Crippen molar-refractivity contribution in [1.82, 2.24) is 0 Å². The summed E-state index contributed by atoms with van der Waals surface area (Å²) in [4.78, 5) is 34.9. The van der Waals surface area contributed by atoms with Gasteiger partial charge in [0.2, 0.25) is 0 Å². The van der Waals surface area contributed by atoms with E-state index in [1.807, 2.05) is 36.5 Å². The lowest BCUT2D eigenvalue weighted by molar-refractivity contribution is -0.161. The molecule has 1 aromatic heterocycles. The minimum Gasteiger partial charge on any atom is -0.466 e. The lowest BCUT2D eigenvalue weighted by Crippen LogP contribution is -2.29. The third-order valence-corrected chi connectivity index (χ3v) is 10.5. The summed E-state index contributed by atoms with van der Waals surface area (Å²) in [5.41, 5.74) is 7.95. The molecule has 0 spiro atoms. The van der Waals surface area contributed by atoms with Gasteiger partial charge in [-0.3, -0.25) is 18.6 Å². The zero-order chi connectivity index (χ0) is 42.0. The number of hydrogen-bond acceptors (Lipinski definition) is 10. The molecule has 0 radical (unpaired) electrons. The van der Waals surface area contributed by atoms with Gasteiger partial charge < -0.3 is 29.6 Å². The van der Waals surface area contributed by atoms with Crippen molar-refractivity contribution < 1.29 is 47.1 Å². The zero-order valence-electron chi connectivity index (χ0n) is 35.6. The fraction of sp³-hybridized carbons (Fsp3) is 0.689. The predicted octanol–water partition coefficient (Wildman–Crippen LogP) is 10.6. The van der Waals surface area contributed by atoms with E-state index < -0.39 is 38.6 Å². The smallest absolute Gasteiger partial charge is 0.466 e. The molecule has 0 amide bonds. The summed E-state index contributed by atoms with van der Waals surface area (Å²) in [7, 11) is -4.42. The summed E-state index contributed by atoms with van der Waals surface area (Å²) in [5.74, 6) is 1.32. The first-order chi connectivity index (χ1) is 27.5. The van der Waals surface area contributed by atoms with Crippen molar-refractivity contribution in [1.29, 1.82) is 0 Å². The number of phosphoric ester groups is 1. The quantitative estimate of drug-likeness (QED) is 0.0194. The summed E-state index contributed by atoms with van der Waals surface area (Å²) >= 11 is 0. The molecule has 0 aliphatic rings. The van der Waals surface area contributed by atoms with Gasteiger partial charge in [-0.2, -0.15) is 0 Å². The van der Waals surface area contributed by atoms with Crippen molar-refractivity contribution in [3.63, 3.8) is 0 Å². The van der Waals surface area contributed by atoms with Crippen molar-refractivity contribution in [3.8, 4) is 0 Å². The van der Waals surface area contributed by atoms with E-state index in [1.165, 1.54) is 43.2 Å². The molecule has 12 heteroatoms. The predicted molar refractivity (Wildman–Crippen MR) is 229 cm³/mol. The maximum Gasteiger partial charge on any atom is 0.472 e. The number of aliphatic hydroxyl groups excluding tert-OH is 1. The van der Waals surface area contributed by atoms with Crippen LogP contribution in [0.5, 0.6) is 0 Å². The Morgan fingerprint density at radius 3 is 2.09 bits per heavy atom. The number of aryl methyl sites for hydroxylation is 2. The highest BCUT2D eigenvalue weighted by Gasteiger charge is 2.26. The minimum absolute atomic E-state index is 0.0269. The highest BCUT2D eigenvalue weighted by Crippen LogP contribution is 2.43. The third kappa shape index (κ3) is 28.3. The SMILES string of the molecule is CCCCC/C=C\C[C@H](O)/C=C/C=C\C/C=C\CCCC(=O)O[C@H](COC(=O)CCCCCCCCCCc1oc(CCC)c(C)c1C)COP(=O)(O)OCCN. The van der Waals surface area contributed by atoms with E-state index in [9.17, 15) is 24.2 Å². The van der Waals surface area contributed by atoms with Crippen LogP contribution < -0.4 is 5.73 Å². The molecule has 0 saturated heterocycles. The second kappa shape index (κ2) is 34.1. The van der Waals surface area contributed by atoms with Crippen LogP contribution in [0, 0.1) is 13.8 Å². The Hall–Kier alpha value is -2.79. The summed E-state index contributed by atoms with van der Waals surface area (Å²) in [6.07, 6.45) is 33.1. The first-order valence-corrected chi connectivity index (χ1v) is 23.1. The summed E-state index contributed by atoms with van der Waals surface area (Å²) in [6.45, 7) is 7.74. The maximum atomic E-state index is 12.6. The van der Waals surface area contributed by atoms with Gasteiger partial charge in [0.25, 0.3) is 0 Å². The number of furan rings is 1. The average molecular weight is 822 g/mol. The third-order valence-electron chi connectivity index (χ3n) is 9.47. The van der Waals surface area contributed by atoms with Gasteiger partial charge in [0.05, 0.1) is 19.3 Å². The van der Waals surface area contributed by atoms with E-state index in [1.54, 1.807) is 6.08 Å². The summed E-state index contributed by atoms with van der Waals surface area (Å²) in [5, 5.41) is 10.0. The molecule has 0 bridgehead atoms. The number of unbranched alkanes of at least 4 members (excludes halogenated alkanes) is 11. The van der Waals surface area contributed by atoms with Gasteiger partial charge in [0.15, 0.2) is 6.10 Å². The van der Waals surface area contributed by atoms with Crippen LogP contribution in [-0.4, -0.2) is 60.5 Å². The number of allylic oxidation sites excluding steroid dienone is 6. The number of phosphoric acid groups is 1. The molecule has 3 atom stereocenters. The number of esters is 2. The molecule has 11 nitrogen and oxygen atoms in total. The molecule has 1 aromatic rings. The normalized spacial score (nSPS) is 14.3. The largest absolute Gasteiger partial charge is 0.472 e. The molecule has 0 fully saturated rings. The van der Waals surface area contributed by atoms with Crippen molar-refractivity contribution >= 4 is 19.8 Å². The number of ether oxygens (including phenoxy) is 2. The van der Waals surface area contributed by atoms with Crippen LogP contribution in [0.1, 0.15) is 158 Å². The standard InChI is InChI=1S/C45H76NO10P/c1-5-7-8-9-18-23-29-40(47)30-24-19-14-10-12-17-22-27-33-45(49)55-41(37-54-57(50,51)53-35-34-46)36-52-44(48)32-26-21-16-13-11-15-20-25-31-43-39(4)38(3)42(56-43)28-6-2/h12,14,17-19,23-24,30,40-41,47H,5-11,13,15-16,20-22,25-29,31-37,46H2,1-4H3,(H,50,51)/b17-12-,19-14-,23-18-,30-24+/t40-,41+/m0/s1. The van der Waals surface area contributed by atoms with Crippen LogP contribution in [-0.2, 0) is 45.5 Å². The van der Waals surface area contributed by atoms with Crippen LogP contribution in [0.4, 0.5) is 0 Å². The van der Waals surface area contributed by atoms with Gasteiger partial charge in [-0.25, -0.2) is 4.57 Å². The van der Waals surface area contributed by atoms with Crippen molar-refractivity contribution in [3.05, 3.63) is 71.3 Å². The molecule has 0 aliphatic heterocycles. The van der Waals surface area contributed by atoms with E-state index in [0.717, 1.165) is 69.3 Å². The van der Waals surface area contributed by atoms with E-state index in [2.05, 4.69) is 33.8 Å². The van der Waals surface area contributed by atoms with Crippen LogP contribution in [0.2, 0.25) is 0 Å². The molecule has 1 rings (SSSR count). The van der Waals surface area contributed by atoms with E-state index in [0.29, 0.717) is 32.1 Å². The summed E-state index contributed by atoms with van der Waals surface area (Å²) < 4.78 is 38.8. The van der Waals surface area contributed by atoms with E-state index >= 15 is 0 Å². The highest BCUT2D eigenvalue weighted by atomic mass is 31.2. The molecular formula is C45H76NO10P. The van der Waals surface area contributed by atoms with Gasteiger partial charge in [0.1, 0.15) is 18.1 Å². The zero-order valence-corrected chi connectivity index (χ0v) is 36.5. The molecule has 4 N–H and O–H groups in total. The van der Waals surface area contributed by atoms with Crippen LogP contribution >= 0.6 is 7.82 Å². The molecule has 0 aliphatic carbocycles. The Morgan fingerprint density at radius 2 is 1.39 bits per heavy atom. The number of rotatable bonds is 36. The lowest BCUT2D eigenvalue weighted by atomic mass is 10.0. The number of hydrogen-bond donors (Lipinski definition) is 3. The summed E-state index contributed by atoms with van der Waals surface area (Å²) in [6, 6.07) is 0. The lowest BCUT2D eigenvalue weighted by Gasteiger charge is -2.19. The number of nitrogens with two attached hydrogens (primary N) is 1. The van der Waals surface area contributed by atoms with Crippen molar-refractivity contribution in [2.75, 3.05) is 26.4 Å². The molecule has 326 valence electrons. The van der Waals surface area contributed by atoms with Crippen LogP contribution in [0.25, 0.3) is 0 Å². The first-order valence-electron chi connectivity index (χ1n) is 21.6. The van der Waals surface area contributed by atoms with Crippen LogP contribution in [0.3, 0.4) is 0 Å². The van der Waals surface area contributed by atoms with Gasteiger partial charge >= 0.3 is 19.8 Å². The van der Waals surface area contributed by atoms with Gasteiger partial charge in [-0.15, -0.1) is 0 Å². The number of carbonyl (C=O) groups is 2. The molecular weight excluding hydrogens is 745 g/mol. The number of aliphatic hydroxyl groups is 1. The maximum absolute atomic E-state index is 12.6. The highest BCUT2D eigenvalue weighted by molar-refractivity contribution is 7.47. The fourth-order valence-electron chi connectivity index (χ4n) is 5.99. The molecule has 57 heavy (non-hydrogen) atoms. The van der Waals surface area contributed by atoms with E-state index in [4.69, 9.17) is 28.7 Å². The number of carbonyl (C=O) groups excluding carboxylic acids is 2. The van der Waals surface area contributed by atoms with Gasteiger partial charge in [-0.1, -0.05) is 114 Å². The Kier molecular flexibility index (Phi) is 31.3. The van der Waals surface area contributed by atoms with Crippen molar-refractivity contribution in [2.45, 2.75) is 175 Å². The molecule has 0 aromatic carbocycles. The second-order valence-electron chi connectivity index (χ2n) is 14.6. The Bertz CT molecular complexity index is 1370. The average Bonchev–Trinajstić information content (AvgIpc) is 3.45. The Balaban J connectivity index is 2.32. The van der Waals surface area contributed by atoms with Crippen molar-refractivity contribution in [2.24, 2.45) is 5.73 Å². The van der Waals surface area contributed by atoms with Gasteiger partial charge in [0, 0.05) is 32.2 Å². The molecule has 1 heterocycles.